The third kappa shape index (κ3) is 0.942. The van der Waals surface area contributed by atoms with E-state index in [0.717, 1.165) is 16.0 Å². The van der Waals surface area contributed by atoms with Crippen LogP contribution >= 0.6 is 15.9 Å². The highest BCUT2D eigenvalue weighted by Gasteiger charge is 1.95. The van der Waals surface area contributed by atoms with Gasteiger partial charge in [-0.1, -0.05) is 0 Å². The maximum Gasteiger partial charge on any atom is 0.174 e. The van der Waals surface area contributed by atoms with Gasteiger partial charge in [0.05, 0.1) is 0 Å². The van der Waals surface area contributed by atoms with E-state index in [1.54, 1.807) is 0 Å². The van der Waals surface area contributed by atoms with Crippen molar-refractivity contribution in [3.63, 3.8) is 0 Å². The number of rotatable bonds is 0. The smallest absolute Gasteiger partial charge is 0.174 e. The van der Waals surface area contributed by atoms with E-state index in [4.69, 9.17) is 0 Å². The number of halogens is 1. The minimum absolute atomic E-state index is 0.813. The Morgan fingerprint density at radius 2 is 2.38 bits per heavy atom. The maximum atomic E-state index is 4.07. The molecule has 0 radical (unpaired) electrons. The summed E-state index contributed by atoms with van der Waals surface area (Å²) in [6.45, 7) is 1.97. The molecule has 0 saturated heterocycles. The summed E-state index contributed by atoms with van der Waals surface area (Å²) in [4.78, 5) is 7.08. The van der Waals surface area contributed by atoms with Crippen molar-refractivity contribution in [3.05, 3.63) is 10.4 Å². The fourth-order valence-corrected chi connectivity index (χ4v) is 1.07. The van der Waals surface area contributed by atoms with Gasteiger partial charge in [-0.25, -0.2) is 4.98 Å². The average molecular weight is 173 g/mol. The zero-order valence-electron chi connectivity index (χ0n) is 4.83. The van der Waals surface area contributed by atoms with E-state index in [9.17, 15) is 0 Å². The lowest BCUT2D eigenvalue weighted by atomic mass is 10.0. The number of hydrogen-bond acceptors (Lipinski definition) is 1. The number of H-pyrrole nitrogens is 1. The second-order valence-electron chi connectivity index (χ2n) is 1.74. The molecule has 0 unspecified atom stereocenters. The van der Waals surface area contributed by atoms with Crippen molar-refractivity contribution in [1.29, 1.82) is 0 Å². The van der Waals surface area contributed by atoms with Gasteiger partial charge in [0.25, 0.3) is 0 Å². The van der Waals surface area contributed by atoms with E-state index in [2.05, 4.69) is 25.9 Å². The van der Waals surface area contributed by atoms with Gasteiger partial charge in [-0.3, -0.25) is 0 Å². The molecule has 0 spiro atoms. The minimum atomic E-state index is 0.813. The highest BCUT2D eigenvalue weighted by Crippen LogP contribution is 1.98. The average Bonchev–Trinajstić information content (AvgIpc) is 1.85. The van der Waals surface area contributed by atoms with Gasteiger partial charge in [0, 0.05) is 5.69 Å². The van der Waals surface area contributed by atoms with E-state index in [1.165, 1.54) is 0 Å². The molecule has 1 aromatic rings. The lowest BCUT2D eigenvalue weighted by Gasteiger charge is -1.78. The van der Waals surface area contributed by atoms with Crippen LogP contribution in [0.15, 0.2) is 4.73 Å². The van der Waals surface area contributed by atoms with E-state index in [0.29, 0.717) is 0 Å². The summed E-state index contributed by atoms with van der Waals surface area (Å²) in [6, 6.07) is 0. The van der Waals surface area contributed by atoms with Crippen molar-refractivity contribution < 1.29 is 0 Å². The lowest BCUT2D eigenvalue weighted by molar-refractivity contribution is 1.20. The predicted molar refractivity (Wildman–Crippen MR) is 39.2 cm³/mol. The molecule has 0 bridgehead atoms. The molecule has 1 rings (SSSR count). The summed E-state index contributed by atoms with van der Waals surface area (Å²) < 4.78 is 0.813. The van der Waals surface area contributed by atoms with Crippen molar-refractivity contribution in [2.75, 3.05) is 0 Å². The van der Waals surface area contributed by atoms with Gasteiger partial charge in [-0.15, -0.1) is 0 Å². The molecule has 1 aromatic heterocycles. The first-order valence-electron chi connectivity index (χ1n) is 2.39. The number of imidazole rings is 1. The zero-order valence-corrected chi connectivity index (χ0v) is 6.41. The molecule has 0 amide bonds. The third-order valence-corrected chi connectivity index (χ3v) is 1.47. The molecule has 8 heavy (non-hydrogen) atoms. The molecular formula is C4H6BBrN2. The van der Waals surface area contributed by atoms with Crippen molar-refractivity contribution in [3.8, 4) is 0 Å². The molecule has 1 N–H and O–H groups in total. The van der Waals surface area contributed by atoms with Crippen LogP contribution in [-0.2, 0) is 0 Å². The molecular weight excluding hydrogens is 167 g/mol. The van der Waals surface area contributed by atoms with Crippen LogP contribution < -0.4 is 5.59 Å². The van der Waals surface area contributed by atoms with E-state index in [1.807, 2.05) is 14.8 Å². The largest absolute Gasteiger partial charge is 0.345 e. The van der Waals surface area contributed by atoms with Crippen LogP contribution in [0.5, 0.6) is 0 Å². The Kier molecular flexibility index (Phi) is 1.42. The molecule has 0 fully saturated rings. The van der Waals surface area contributed by atoms with Crippen LogP contribution in [0.1, 0.15) is 5.69 Å². The molecule has 0 aliphatic rings. The number of aromatic nitrogens is 2. The Hall–Kier alpha value is -0.245. The van der Waals surface area contributed by atoms with Gasteiger partial charge in [0.15, 0.2) is 12.6 Å². The molecule has 0 atom stereocenters. The lowest BCUT2D eigenvalue weighted by Crippen LogP contribution is -2.05. The van der Waals surface area contributed by atoms with Crippen molar-refractivity contribution in [2.45, 2.75) is 6.92 Å². The first-order chi connectivity index (χ1) is 3.70. The van der Waals surface area contributed by atoms with Crippen molar-refractivity contribution in [1.82, 2.24) is 9.97 Å². The van der Waals surface area contributed by atoms with Gasteiger partial charge < -0.3 is 4.98 Å². The molecule has 0 aliphatic carbocycles. The SMILES string of the molecule is Bc1[nH]c(Br)nc1C. The summed E-state index contributed by atoms with van der Waals surface area (Å²) in [6.07, 6.45) is 0. The molecule has 4 heteroatoms. The normalized spacial score (nSPS) is 9.75. The minimum Gasteiger partial charge on any atom is -0.345 e. The molecule has 2 nitrogen and oxygen atoms in total. The predicted octanol–water partition coefficient (Wildman–Crippen LogP) is -0.261. The second kappa shape index (κ2) is 1.93. The van der Waals surface area contributed by atoms with Gasteiger partial charge in [0.1, 0.15) is 0 Å². The van der Waals surface area contributed by atoms with Crippen molar-refractivity contribution in [2.24, 2.45) is 0 Å². The Morgan fingerprint density at radius 1 is 1.75 bits per heavy atom. The quantitative estimate of drug-likeness (QED) is 0.537. The number of nitrogens with one attached hydrogen (secondary N) is 1. The highest BCUT2D eigenvalue weighted by atomic mass is 79.9. The van der Waals surface area contributed by atoms with Crippen LogP contribution in [0.25, 0.3) is 0 Å². The van der Waals surface area contributed by atoms with Crippen LogP contribution in [0.3, 0.4) is 0 Å². The summed E-state index contributed by atoms with van der Waals surface area (Å²) in [7, 11) is 1.99. The second-order valence-corrected chi connectivity index (χ2v) is 2.49. The Morgan fingerprint density at radius 3 is 2.50 bits per heavy atom. The van der Waals surface area contributed by atoms with Gasteiger partial charge >= 0.3 is 0 Å². The molecule has 0 aromatic carbocycles. The van der Waals surface area contributed by atoms with Gasteiger partial charge in [-0.2, -0.15) is 0 Å². The van der Waals surface area contributed by atoms with Crippen LogP contribution in [-0.4, -0.2) is 17.8 Å². The molecule has 0 saturated carbocycles. The fraction of sp³-hybridized carbons (Fsp3) is 0.250. The number of hydrogen-bond donors (Lipinski definition) is 1. The monoisotopic (exact) mass is 172 g/mol. The molecule has 42 valence electrons. The standard InChI is InChI=1S/C4H6BBrN2/c1-2-3(5)8-4(6)7-2/h5H2,1H3,(H,7,8). The fourth-order valence-electron chi connectivity index (χ4n) is 0.504. The van der Waals surface area contributed by atoms with Gasteiger partial charge in [-0.05, 0) is 28.4 Å². The summed E-state index contributed by atoms with van der Waals surface area (Å²) in [5.74, 6) is 0. The maximum absolute atomic E-state index is 4.07. The Balaban J connectivity index is 3.14. The molecule has 1 heterocycles. The van der Waals surface area contributed by atoms with E-state index < -0.39 is 0 Å². The number of aromatic amines is 1. The molecule has 0 aliphatic heterocycles. The van der Waals surface area contributed by atoms with E-state index >= 15 is 0 Å². The Labute approximate surface area is 57.2 Å². The number of aryl methyl sites for hydroxylation is 1. The van der Waals surface area contributed by atoms with Crippen LogP contribution in [0, 0.1) is 6.92 Å². The van der Waals surface area contributed by atoms with Crippen LogP contribution in [0.2, 0.25) is 0 Å². The zero-order chi connectivity index (χ0) is 6.15. The first-order valence-corrected chi connectivity index (χ1v) is 3.18. The third-order valence-electron chi connectivity index (χ3n) is 1.10. The van der Waals surface area contributed by atoms with E-state index in [-0.39, 0.29) is 0 Å². The topological polar surface area (TPSA) is 28.7 Å². The van der Waals surface area contributed by atoms with Crippen LogP contribution in [0.4, 0.5) is 0 Å². The van der Waals surface area contributed by atoms with Crippen molar-refractivity contribution >= 4 is 29.4 Å². The summed E-state index contributed by atoms with van der Waals surface area (Å²) in [5, 5.41) is 0. The highest BCUT2D eigenvalue weighted by molar-refractivity contribution is 9.10. The summed E-state index contributed by atoms with van der Waals surface area (Å²) >= 11 is 3.22. The number of nitrogens with zero attached hydrogens (tertiary/aromatic N) is 1. The van der Waals surface area contributed by atoms with Gasteiger partial charge in [0.2, 0.25) is 0 Å². The summed E-state index contributed by atoms with van der Waals surface area (Å²) in [5.41, 5.74) is 2.17. The first kappa shape index (κ1) is 5.88. The Bertz CT molecular complexity index is 176.